The van der Waals surface area contributed by atoms with Gasteiger partial charge >= 0.3 is 0 Å². The predicted molar refractivity (Wildman–Crippen MR) is 103 cm³/mol. The SMILES string of the molecule is Cc1cc(C(=O)Cn2nnc3ccccc3c2=O)c(C)n1-c1cccc(F)c1. The van der Waals surface area contributed by atoms with Crippen LogP contribution < -0.4 is 5.56 Å². The van der Waals surface area contributed by atoms with E-state index in [-0.39, 0.29) is 23.7 Å². The minimum atomic E-state index is -0.363. The van der Waals surface area contributed by atoms with E-state index in [0.717, 1.165) is 10.4 Å². The highest BCUT2D eigenvalue weighted by molar-refractivity contribution is 5.97. The number of fused-ring (bicyclic) bond motifs is 1. The monoisotopic (exact) mass is 376 g/mol. The van der Waals surface area contributed by atoms with E-state index in [2.05, 4.69) is 10.3 Å². The van der Waals surface area contributed by atoms with Gasteiger partial charge in [-0.1, -0.05) is 23.4 Å². The first-order chi connectivity index (χ1) is 13.5. The van der Waals surface area contributed by atoms with Crippen LogP contribution in [0.4, 0.5) is 4.39 Å². The summed E-state index contributed by atoms with van der Waals surface area (Å²) in [4.78, 5) is 25.4. The fourth-order valence-electron chi connectivity index (χ4n) is 3.41. The molecule has 0 N–H and O–H groups in total. The summed E-state index contributed by atoms with van der Waals surface area (Å²) >= 11 is 0. The Hall–Kier alpha value is -3.61. The molecular formula is C21H17FN4O2. The van der Waals surface area contributed by atoms with Crippen molar-refractivity contribution in [1.82, 2.24) is 19.6 Å². The molecule has 0 amide bonds. The minimum Gasteiger partial charge on any atom is -0.318 e. The van der Waals surface area contributed by atoms with Gasteiger partial charge in [0.15, 0.2) is 5.78 Å². The third kappa shape index (κ3) is 3.00. The Morgan fingerprint density at radius 1 is 1.07 bits per heavy atom. The Morgan fingerprint density at radius 3 is 2.64 bits per heavy atom. The molecule has 0 atom stereocenters. The molecule has 7 heteroatoms. The third-order valence-electron chi connectivity index (χ3n) is 4.72. The molecule has 28 heavy (non-hydrogen) atoms. The lowest BCUT2D eigenvalue weighted by Crippen LogP contribution is -2.28. The average molecular weight is 376 g/mol. The van der Waals surface area contributed by atoms with Crippen molar-refractivity contribution in [2.24, 2.45) is 0 Å². The Bertz CT molecular complexity index is 1270. The highest BCUT2D eigenvalue weighted by atomic mass is 19.1. The molecule has 4 rings (SSSR count). The van der Waals surface area contributed by atoms with Crippen LogP contribution in [-0.4, -0.2) is 25.3 Å². The molecule has 6 nitrogen and oxygen atoms in total. The van der Waals surface area contributed by atoms with Crippen LogP contribution in [0.3, 0.4) is 0 Å². The molecule has 0 spiro atoms. The summed E-state index contributed by atoms with van der Waals surface area (Å²) in [6, 6.07) is 14.8. The van der Waals surface area contributed by atoms with Crippen LogP contribution in [0, 0.1) is 19.7 Å². The van der Waals surface area contributed by atoms with Crippen molar-refractivity contribution >= 4 is 16.7 Å². The van der Waals surface area contributed by atoms with Gasteiger partial charge in [0.2, 0.25) is 0 Å². The van der Waals surface area contributed by atoms with Gasteiger partial charge in [0, 0.05) is 22.6 Å². The molecule has 0 bridgehead atoms. The molecule has 140 valence electrons. The van der Waals surface area contributed by atoms with Gasteiger partial charge in [-0.15, -0.1) is 5.10 Å². The van der Waals surface area contributed by atoms with E-state index in [1.807, 2.05) is 11.5 Å². The summed E-state index contributed by atoms with van der Waals surface area (Å²) in [7, 11) is 0. The van der Waals surface area contributed by atoms with Crippen molar-refractivity contribution in [3.05, 3.63) is 87.7 Å². The average Bonchev–Trinajstić information content (AvgIpc) is 2.98. The second kappa shape index (κ2) is 6.84. The molecule has 4 aromatic rings. The van der Waals surface area contributed by atoms with E-state index in [1.165, 1.54) is 12.1 Å². The van der Waals surface area contributed by atoms with Crippen molar-refractivity contribution < 1.29 is 9.18 Å². The number of nitrogens with zero attached hydrogens (tertiary/aromatic N) is 4. The molecule has 0 unspecified atom stereocenters. The molecule has 0 radical (unpaired) electrons. The van der Waals surface area contributed by atoms with Gasteiger partial charge in [0.1, 0.15) is 17.9 Å². The van der Waals surface area contributed by atoms with Crippen LogP contribution in [0.15, 0.2) is 59.4 Å². The van der Waals surface area contributed by atoms with Gasteiger partial charge < -0.3 is 4.57 Å². The number of Topliss-reactive ketones (excluding diaryl/α,β-unsaturated/α-hetero) is 1. The Labute approximate surface area is 159 Å². The van der Waals surface area contributed by atoms with Crippen molar-refractivity contribution in [3.63, 3.8) is 0 Å². The van der Waals surface area contributed by atoms with E-state index in [0.29, 0.717) is 27.8 Å². The normalized spacial score (nSPS) is 11.1. The van der Waals surface area contributed by atoms with Crippen LogP contribution in [0.25, 0.3) is 16.6 Å². The summed E-state index contributed by atoms with van der Waals surface area (Å²) in [5, 5.41) is 8.30. The zero-order valence-corrected chi connectivity index (χ0v) is 15.4. The number of ketones is 1. The van der Waals surface area contributed by atoms with Crippen LogP contribution in [0.2, 0.25) is 0 Å². The third-order valence-corrected chi connectivity index (χ3v) is 4.72. The lowest BCUT2D eigenvalue weighted by molar-refractivity contribution is 0.0964. The highest BCUT2D eigenvalue weighted by Crippen LogP contribution is 2.22. The number of aryl methyl sites for hydroxylation is 1. The van der Waals surface area contributed by atoms with Gasteiger partial charge in [-0.3, -0.25) is 9.59 Å². The number of hydrogen-bond donors (Lipinski definition) is 0. The molecule has 2 aromatic heterocycles. The summed E-state index contributed by atoms with van der Waals surface area (Å²) in [6.07, 6.45) is 0. The maximum atomic E-state index is 13.6. The summed E-state index contributed by atoms with van der Waals surface area (Å²) in [5.41, 5.74) is 2.69. The van der Waals surface area contributed by atoms with Crippen molar-refractivity contribution in [1.29, 1.82) is 0 Å². The van der Waals surface area contributed by atoms with Gasteiger partial charge in [-0.2, -0.15) is 0 Å². The Kier molecular flexibility index (Phi) is 4.35. The fourth-order valence-corrected chi connectivity index (χ4v) is 3.41. The largest absolute Gasteiger partial charge is 0.318 e. The number of benzene rings is 2. The maximum absolute atomic E-state index is 13.6. The minimum absolute atomic E-state index is 0.218. The Balaban J connectivity index is 1.71. The molecule has 2 heterocycles. The highest BCUT2D eigenvalue weighted by Gasteiger charge is 2.18. The Morgan fingerprint density at radius 2 is 1.86 bits per heavy atom. The van der Waals surface area contributed by atoms with Gasteiger partial charge in [0.25, 0.3) is 5.56 Å². The molecule has 2 aromatic carbocycles. The van der Waals surface area contributed by atoms with Crippen LogP contribution in [0.1, 0.15) is 21.7 Å². The molecule has 0 saturated heterocycles. The van der Waals surface area contributed by atoms with Crippen molar-refractivity contribution in [2.75, 3.05) is 0 Å². The number of halogens is 1. The lowest BCUT2D eigenvalue weighted by Gasteiger charge is -2.10. The topological polar surface area (TPSA) is 69.8 Å². The molecule has 0 aliphatic rings. The smallest absolute Gasteiger partial charge is 0.278 e. The predicted octanol–water partition coefficient (Wildman–Crippen LogP) is 3.22. The van der Waals surface area contributed by atoms with Crippen molar-refractivity contribution in [3.8, 4) is 5.69 Å². The van der Waals surface area contributed by atoms with E-state index < -0.39 is 0 Å². The van der Waals surface area contributed by atoms with E-state index in [9.17, 15) is 14.0 Å². The summed E-state index contributed by atoms with van der Waals surface area (Å²) < 4.78 is 16.5. The summed E-state index contributed by atoms with van der Waals surface area (Å²) in [5.74, 6) is -0.613. The lowest BCUT2D eigenvalue weighted by atomic mass is 10.1. The standard InChI is InChI=1S/C21H17FN4O2/c1-13-10-18(14(2)26(13)16-7-5-6-15(22)11-16)20(27)12-25-21(28)17-8-3-4-9-19(17)23-24-25/h3-11H,12H2,1-2H3. The van der Waals surface area contributed by atoms with Crippen LogP contribution >= 0.6 is 0 Å². The number of carbonyl (C=O) groups excluding carboxylic acids is 1. The molecule has 0 saturated carbocycles. The number of rotatable bonds is 4. The van der Waals surface area contributed by atoms with Gasteiger partial charge in [0.05, 0.1) is 5.39 Å². The molecule has 0 aliphatic heterocycles. The molecule has 0 aliphatic carbocycles. The maximum Gasteiger partial charge on any atom is 0.278 e. The van der Waals surface area contributed by atoms with Crippen LogP contribution in [0.5, 0.6) is 0 Å². The van der Waals surface area contributed by atoms with Gasteiger partial charge in [-0.25, -0.2) is 9.07 Å². The molecular weight excluding hydrogens is 359 g/mol. The van der Waals surface area contributed by atoms with E-state index >= 15 is 0 Å². The quantitative estimate of drug-likeness (QED) is 0.513. The first-order valence-electron chi connectivity index (χ1n) is 8.76. The summed E-state index contributed by atoms with van der Waals surface area (Å²) in [6.45, 7) is 3.42. The van der Waals surface area contributed by atoms with Crippen LogP contribution in [-0.2, 0) is 6.54 Å². The van der Waals surface area contributed by atoms with Crippen molar-refractivity contribution in [2.45, 2.75) is 20.4 Å². The van der Waals surface area contributed by atoms with Gasteiger partial charge in [-0.05, 0) is 50.2 Å². The molecule has 0 fully saturated rings. The number of aromatic nitrogens is 4. The van der Waals surface area contributed by atoms with E-state index in [4.69, 9.17) is 0 Å². The second-order valence-corrected chi connectivity index (χ2v) is 6.59. The zero-order chi connectivity index (χ0) is 19.8. The number of carbonyl (C=O) groups is 1. The fraction of sp³-hybridized carbons (Fsp3) is 0.143. The van der Waals surface area contributed by atoms with E-state index in [1.54, 1.807) is 49.4 Å². The second-order valence-electron chi connectivity index (χ2n) is 6.59. The first kappa shape index (κ1) is 17.8. The zero-order valence-electron chi connectivity index (χ0n) is 15.4. The number of hydrogen-bond acceptors (Lipinski definition) is 4. The first-order valence-corrected chi connectivity index (χ1v) is 8.76.